The van der Waals surface area contributed by atoms with Gasteiger partial charge in [-0.2, -0.15) is 5.10 Å². The first-order valence-corrected chi connectivity index (χ1v) is 13.5. The molecule has 1 amide bonds. The van der Waals surface area contributed by atoms with E-state index in [1.54, 1.807) is 78.9 Å². The lowest BCUT2D eigenvalue weighted by molar-refractivity contribution is -0.119. The van der Waals surface area contributed by atoms with E-state index >= 15 is 0 Å². The van der Waals surface area contributed by atoms with Crippen molar-refractivity contribution in [2.45, 2.75) is 18.7 Å². The Bertz CT molecular complexity index is 1570. The van der Waals surface area contributed by atoms with Crippen LogP contribution in [0.2, 0.25) is 0 Å². The lowest BCUT2D eigenvalue weighted by Crippen LogP contribution is -2.39. The number of amides is 1. The van der Waals surface area contributed by atoms with E-state index in [-0.39, 0.29) is 4.90 Å². The van der Waals surface area contributed by atoms with Gasteiger partial charge in [0.1, 0.15) is 12.3 Å². The summed E-state index contributed by atoms with van der Waals surface area (Å²) in [5, 5.41) is 3.96. The van der Waals surface area contributed by atoms with E-state index in [0.29, 0.717) is 22.6 Å². The standard InChI is InChI=1S/C30H27N3O5S/c1-22-17-23(2)19-26(18-22)33(39(36,37)28-11-7-4-8-12-28)21-29(34)32-31-20-24-13-15-27(16-14-24)38-30(35)25-9-5-3-6-10-25/h3-20H,21H2,1-2H3,(H,32,34)/b31-20-. The molecule has 4 aromatic carbocycles. The zero-order chi connectivity index (χ0) is 27.8. The fraction of sp³-hybridized carbons (Fsp3) is 0.100. The number of hydrogen-bond acceptors (Lipinski definition) is 6. The summed E-state index contributed by atoms with van der Waals surface area (Å²) in [5.41, 5.74) is 5.59. The lowest BCUT2D eigenvalue weighted by Gasteiger charge is -2.24. The van der Waals surface area contributed by atoms with E-state index in [0.717, 1.165) is 15.4 Å². The van der Waals surface area contributed by atoms with Crippen molar-refractivity contribution in [2.75, 3.05) is 10.8 Å². The molecule has 0 bridgehead atoms. The van der Waals surface area contributed by atoms with E-state index in [9.17, 15) is 18.0 Å². The van der Waals surface area contributed by atoms with Crippen LogP contribution in [0, 0.1) is 13.8 Å². The molecule has 0 fully saturated rings. The number of anilines is 1. The number of sulfonamides is 1. The van der Waals surface area contributed by atoms with Gasteiger partial charge in [0, 0.05) is 0 Å². The summed E-state index contributed by atoms with van der Waals surface area (Å²) in [6, 6.07) is 28.5. The number of esters is 1. The maximum Gasteiger partial charge on any atom is 0.343 e. The van der Waals surface area contributed by atoms with Crippen LogP contribution in [0.4, 0.5) is 5.69 Å². The van der Waals surface area contributed by atoms with Crippen LogP contribution in [0.5, 0.6) is 5.75 Å². The van der Waals surface area contributed by atoms with Gasteiger partial charge in [-0.1, -0.05) is 42.5 Å². The van der Waals surface area contributed by atoms with Crippen molar-refractivity contribution in [1.29, 1.82) is 0 Å². The maximum atomic E-state index is 13.5. The fourth-order valence-electron chi connectivity index (χ4n) is 3.84. The van der Waals surface area contributed by atoms with Crippen molar-refractivity contribution in [3.8, 4) is 5.75 Å². The minimum atomic E-state index is -4.02. The lowest BCUT2D eigenvalue weighted by atomic mass is 10.1. The molecular weight excluding hydrogens is 514 g/mol. The van der Waals surface area contributed by atoms with Gasteiger partial charge in [0.25, 0.3) is 15.9 Å². The monoisotopic (exact) mass is 541 g/mol. The maximum absolute atomic E-state index is 13.5. The Morgan fingerprint density at radius 1 is 0.846 bits per heavy atom. The van der Waals surface area contributed by atoms with Crippen LogP contribution in [0.3, 0.4) is 0 Å². The minimum Gasteiger partial charge on any atom is -0.423 e. The van der Waals surface area contributed by atoms with Gasteiger partial charge in [-0.05, 0) is 91.2 Å². The third-order valence-corrected chi connectivity index (χ3v) is 7.40. The first-order valence-electron chi connectivity index (χ1n) is 12.1. The third-order valence-electron chi connectivity index (χ3n) is 5.62. The number of hydrazone groups is 1. The van der Waals surface area contributed by atoms with Crippen LogP contribution in [-0.2, 0) is 14.8 Å². The smallest absolute Gasteiger partial charge is 0.343 e. The van der Waals surface area contributed by atoms with Crippen molar-refractivity contribution in [3.63, 3.8) is 0 Å². The second-order valence-corrected chi connectivity index (χ2v) is 10.7. The molecule has 0 aliphatic heterocycles. The van der Waals surface area contributed by atoms with E-state index in [4.69, 9.17) is 4.74 Å². The highest BCUT2D eigenvalue weighted by Crippen LogP contribution is 2.25. The summed E-state index contributed by atoms with van der Waals surface area (Å²) in [7, 11) is -4.02. The number of benzene rings is 4. The van der Waals surface area contributed by atoms with Crippen LogP contribution in [0.25, 0.3) is 0 Å². The first-order chi connectivity index (χ1) is 18.7. The number of nitrogens with one attached hydrogen (secondary N) is 1. The van der Waals surface area contributed by atoms with Crippen LogP contribution >= 0.6 is 0 Å². The first kappa shape index (κ1) is 27.3. The number of carbonyl (C=O) groups excluding carboxylic acids is 2. The quantitative estimate of drug-likeness (QED) is 0.141. The molecule has 1 N–H and O–H groups in total. The molecular formula is C30H27N3O5S. The number of rotatable bonds is 9. The zero-order valence-electron chi connectivity index (χ0n) is 21.4. The molecule has 8 nitrogen and oxygen atoms in total. The number of nitrogens with zero attached hydrogens (tertiary/aromatic N) is 2. The summed E-state index contributed by atoms with van der Waals surface area (Å²) in [5.74, 6) is -0.721. The van der Waals surface area contributed by atoms with Crippen molar-refractivity contribution < 1.29 is 22.7 Å². The predicted octanol–water partition coefficient (Wildman–Crippen LogP) is 4.87. The summed E-state index contributed by atoms with van der Waals surface area (Å²) in [4.78, 5) is 25.1. The molecule has 0 atom stereocenters. The summed E-state index contributed by atoms with van der Waals surface area (Å²) < 4.78 is 33.3. The van der Waals surface area contributed by atoms with Crippen molar-refractivity contribution in [2.24, 2.45) is 5.10 Å². The van der Waals surface area contributed by atoms with Gasteiger partial charge in [-0.15, -0.1) is 0 Å². The average Bonchev–Trinajstić information content (AvgIpc) is 2.93. The number of carbonyl (C=O) groups is 2. The molecule has 0 aromatic heterocycles. The molecule has 0 radical (unpaired) electrons. The second-order valence-electron chi connectivity index (χ2n) is 8.79. The van der Waals surface area contributed by atoms with Crippen LogP contribution in [0.1, 0.15) is 27.0 Å². The Morgan fingerprint density at radius 3 is 2.05 bits per heavy atom. The van der Waals surface area contributed by atoms with Crippen LogP contribution < -0.4 is 14.5 Å². The second kappa shape index (κ2) is 12.2. The predicted molar refractivity (Wildman–Crippen MR) is 150 cm³/mol. The van der Waals surface area contributed by atoms with E-state index in [1.165, 1.54) is 18.3 Å². The van der Waals surface area contributed by atoms with Gasteiger partial charge in [-0.25, -0.2) is 18.6 Å². The van der Waals surface area contributed by atoms with Gasteiger partial charge in [0.15, 0.2) is 0 Å². The minimum absolute atomic E-state index is 0.0773. The highest BCUT2D eigenvalue weighted by molar-refractivity contribution is 7.92. The third kappa shape index (κ3) is 7.18. The van der Waals surface area contributed by atoms with Gasteiger partial charge in [-0.3, -0.25) is 9.10 Å². The molecule has 0 saturated carbocycles. The van der Waals surface area contributed by atoms with Gasteiger partial charge in [0.05, 0.1) is 22.4 Å². The molecule has 0 saturated heterocycles. The number of aryl methyl sites for hydroxylation is 2. The molecule has 0 aliphatic rings. The van der Waals surface area contributed by atoms with Gasteiger partial charge in [0.2, 0.25) is 0 Å². The topological polar surface area (TPSA) is 105 Å². The SMILES string of the molecule is Cc1cc(C)cc(N(CC(=O)N/N=C\c2ccc(OC(=O)c3ccccc3)cc2)S(=O)(=O)c2ccccc2)c1. The average molecular weight is 542 g/mol. The summed E-state index contributed by atoms with van der Waals surface area (Å²) in [6.45, 7) is 3.26. The van der Waals surface area contributed by atoms with Crippen LogP contribution in [-0.4, -0.2) is 33.1 Å². The Balaban J connectivity index is 1.44. The summed E-state index contributed by atoms with van der Waals surface area (Å²) in [6.07, 6.45) is 1.41. The van der Waals surface area contributed by atoms with Crippen molar-refractivity contribution in [1.82, 2.24) is 5.43 Å². The molecule has 0 aliphatic carbocycles. The fourth-order valence-corrected chi connectivity index (χ4v) is 5.26. The van der Waals surface area contributed by atoms with E-state index in [1.807, 2.05) is 26.0 Å². The molecule has 4 rings (SSSR count). The van der Waals surface area contributed by atoms with Gasteiger partial charge >= 0.3 is 5.97 Å². The highest BCUT2D eigenvalue weighted by atomic mass is 32.2. The Hall–Kier alpha value is -4.76. The number of ether oxygens (including phenoxy) is 1. The summed E-state index contributed by atoms with van der Waals surface area (Å²) >= 11 is 0. The molecule has 9 heteroatoms. The van der Waals surface area contributed by atoms with E-state index < -0.39 is 28.4 Å². The highest BCUT2D eigenvalue weighted by Gasteiger charge is 2.27. The van der Waals surface area contributed by atoms with Crippen LogP contribution in [0.15, 0.2) is 113 Å². The molecule has 4 aromatic rings. The molecule has 0 heterocycles. The van der Waals surface area contributed by atoms with Crippen molar-refractivity contribution in [3.05, 3.63) is 125 Å². The largest absolute Gasteiger partial charge is 0.423 e. The Morgan fingerprint density at radius 2 is 1.44 bits per heavy atom. The normalized spacial score (nSPS) is 11.2. The molecule has 39 heavy (non-hydrogen) atoms. The van der Waals surface area contributed by atoms with Gasteiger partial charge < -0.3 is 4.74 Å². The van der Waals surface area contributed by atoms with E-state index in [2.05, 4.69) is 10.5 Å². The zero-order valence-corrected chi connectivity index (χ0v) is 22.3. The molecule has 198 valence electrons. The Kier molecular flexibility index (Phi) is 8.53. The molecule has 0 spiro atoms. The Labute approximate surface area is 227 Å². The van der Waals surface area contributed by atoms with Crippen molar-refractivity contribution >= 4 is 33.8 Å². The molecule has 0 unspecified atom stereocenters. The number of hydrogen-bond donors (Lipinski definition) is 1.